The molecule has 0 saturated carbocycles. The average Bonchev–Trinajstić information content (AvgIpc) is 2.40. The number of carbonyl (C=O) groups is 2. The summed E-state index contributed by atoms with van der Waals surface area (Å²) >= 11 is 0. The molecule has 0 fully saturated rings. The maximum Gasteiger partial charge on any atom is 0.310 e. The van der Waals surface area contributed by atoms with Gasteiger partial charge in [-0.05, 0) is 19.8 Å². The minimum absolute atomic E-state index is 0.203. The van der Waals surface area contributed by atoms with Crippen molar-refractivity contribution in [3.63, 3.8) is 0 Å². The number of carbonyl (C=O) groups excluding carboxylic acids is 1. The normalized spacial score (nSPS) is 14.2. The number of allylic oxidation sites excluding steroid dienone is 1. The van der Waals surface area contributed by atoms with Crippen LogP contribution >= 0.6 is 0 Å². The maximum atomic E-state index is 11.5. The van der Waals surface area contributed by atoms with Gasteiger partial charge in [-0.1, -0.05) is 38.3 Å². The predicted octanol–water partition coefficient (Wildman–Crippen LogP) is 2.53. The molecule has 0 radical (unpaired) electrons. The summed E-state index contributed by atoms with van der Waals surface area (Å²) in [6, 6.07) is 0. The van der Waals surface area contributed by atoms with Crippen LogP contribution < -0.4 is 0 Å². The molecular weight excluding hydrogens is 260 g/mol. The molecule has 0 saturated heterocycles. The van der Waals surface area contributed by atoms with Crippen molar-refractivity contribution in [1.82, 2.24) is 0 Å². The Kier molecular flexibility index (Phi) is 10.7. The zero-order valence-electron chi connectivity index (χ0n) is 12.4. The maximum absolute atomic E-state index is 11.5. The second-order valence-corrected chi connectivity index (χ2v) is 4.91. The molecule has 0 aliphatic heterocycles. The summed E-state index contributed by atoms with van der Waals surface area (Å²) in [4.78, 5) is 22.5. The van der Waals surface area contributed by atoms with Crippen molar-refractivity contribution in [3.05, 3.63) is 12.2 Å². The molecule has 0 aromatic rings. The van der Waals surface area contributed by atoms with Gasteiger partial charge in [-0.3, -0.25) is 9.59 Å². The first kappa shape index (κ1) is 18.6. The molecule has 116 valence electrons. The van der Waals surface area contributed by atoms with Crippen LogP contribution in [0.25, 0.3) is 0 Å². The number of carboxylic acids is 1. The molecule has 5 heteroatoms. The van der Waals surface area contributed by atoms with Gasteiger partial charge in [0, 0.05) is 0 Å². The second kappa shape index (κ2) is 11.5. The van der Waals surface area contributed by atoms with Gasteiger partial charge in [0.2, 0.25) is 0 Å². The highest BCUT2D eigenvalue weighted by atomic mass is 16.5. The lowest BCUT2D eigenvalue weighted by Gasteiger charge is -2.12. The van der Waals surface area contributed by atoms with E-state index in [1.54, 1.807) is 13.0 Å². The van der Waals surface area contributed by atoms with E-state index >= 15 is 0 Å². The van der Waals surface area contributed by atoms with Crippen molar-refractivity contribution < 1.29 is 24.5 Å². The van der Waals surface area contributed by atoms with Crippen molar-refractivity contribution in [2.45, 2.75) is 58.5 Å². The van der Waals surface area contributed by atoms with Crippen LogP contribution in [0.2, 0.25) is 0 Å². The lowest BCUT2D eigenvalue weighted by molar-refractivity contribution is -0.154. The largest absolute Gasteiger partial charge is 0.481 e. The Bertz CT molecular complexity index is 311. The Morgan fingerprint density at radius 3 is 2.50 bits per heavy atom. The summed E-state index contributed by atoms with van der Waals surface area (Å²) in [7, 11) is 0. The lowest BCUT2D eigenvalue weighted by atomic mass is 10.0. The Hall–Kier alpha value is -1.36. The quantitative estimate of drug-likeness (QED) is 0.346. The van der Waals surface area contributed by atoms with Crippen LogP contribution in [0, 0.1) is 5.92 Å². The van der Waals surface area contributed by atoms with Crippen LogP contribution in [0.5, 0.6) is 0 Å². The topological polar surface area (TPSA) is 83.8 Å². The molecular formula is C15H26O5. The smallest absolute Gasteiger partial charge is 0.310 e. The highest BCUT2D eigenvalue weighted by Gasteiger charge is 2.20. The van der Waals surface area contributed by atoms with Gasteiger partial charge in [0.15, 0.2) is 0 Å². The van der Waals surface area contributed by atoms with Crippen LogP contribution in [-0.4, -0.2) is 34.9 Å². The summed E-state index contributed by atoms with van der Waals surface area (Å²) in [5, 5.41) is 17.8. The Balaban J connectivity index is 4.13. The predicted molar refractivity (Wildman–Crippen MR) is 76.3 cm³/mol. The van der Waals surface area contributed by atoms with Gasteiger partial charge in [0.1, 0.15) is 6.10 Å². The number of unbranched alkanes of at least 4 members (excludes halogenated alkanes) is 4. The van der Waals surface area contributed by atoms with Crippen LogP contribution in [0.15, 0.2) is 12.2 Å². The number of aliphatic hydroxyl groups is 1. The molecule has 20 heavy (non-hydrogen) atoms. The van der Waals surface area contributed by atoms with Crippen LogP contribution in [0.1, 0.15) is 52.4 Å². The van der Waals surface area contributed by atoms with E-state index in [2.05, 4.69) is 6.92 Å². The summed E-state index contributed by atoms with van der Waals surface area (Å²) in [6.07, 6.45) is 7.90. The van der Waals surface area contributed by atoms with E-state index in [4.69, 9.17) is 14.9 Å². The van der Waals surface area contributed by atoms with E-state index in [1.165, 1.54) is 6.42 Å². The highest BCUT2D eigenvalue weighted by molar-refractivity contribution is 5.80. The van der Waals surface area contributed by atoms with Crippen molar-refractivity contribution in [1.29, 1.82) is 0 Å². The van der Waals surface area contributed by atoms with Gasteiger partial charge in [0.25, 0.3) is 0 Å². The monoisotopic (exact) mass is 286 g/mol. The van der Waals surface area contributed by atoms with Gasteiger partial charge in [-0.15, -0.1) is 0 Å². The Labute approximate surface area is 120 Å². The van der Waals surface area contributed by atoms with Crippen molar-refractivity contribution in [3.8, 4) is 0 Å². The molecule has 0 heterocycles. The number of rotatable bonds is 11. The molecule has 0 aliphatic rings. The molecule has 5 nitrogen and oxygen atoms in total. The first-order valence-corrected chi connectivity index (χ1v) is 7.21. The summed E-state index contributed by atoms with van der Waals surface area (Å²) in [6.45, 7) is 3.42. The van der Waals surface area contributed by atoms with E-state index in [0.717, 1.165) is 25.7 Å². The third-order valence-electron chi connectivity index (χ3n) is 2.89. The third kappa shape index (κ3) is 9.55. The van der Waals surface area contributed by atoms with Crippen LogP contribution in [0.4, 0.5) is 0 Å². The Morgan fingerprint density at radius 2 is 1.95 bits per heavy atom. The number of esters is 1. The highest BCUT2D eigenvalue weighted by Crippen LogP contribution is 2.10. The van der Waals surface area contributed by atoms with Crippen molar-refractivity contribution in [2.24, 2.45) is 5.92 Å². The third-order valence-corrected chi connectivity index (χ3v) is 2.89. The number of aliphatic carboxylic acids is 1. The van der Waals surface area contributed by atoms with Gasteiger partial charge >= 0.3 is 11.9 Å². The van der Waals surface area contributed by atoms with E-state index in [1.807, 2.05) is 6.08 Å². The lowest BCUT2D eigenvalue weighted by Crippen LogP contribution is -2.22. The Morgan fingerprint density at radius 1 is 1.25 bits per heavy atom. The molecule has 0 bridgehead atoms. The van der Waals surface area contributed by atoms with Gasteiger partial charge in [0.05, 0.1) is 18.9 Å². The van der Waals surface area contributed by atoms with E-state index in [9.17, 15) is 9.59 Å². The number of aliphatic hydroxyl groups excluding tert-OH is 1. The van der Waals surface area contributed by atoms with Crippen molar-refractivity contribution in [2.75, 3.05) is 6.61 Å². The first-order valence-electron chi connectivity index (χ1n) is 7.21. The van der Waals surface area contributed by atoms with Crippen LogP contribution in [-0.2, 0) is 14.3 Å². The molecule has 0 amide bonds. The van der Waals surface area contributed by atoms with E-state index in [0.29, 0.717) is 0 Å². The molecule has 2 unspecified atom stereocenters. The minimum Gasteiger partial charge on any atom is -0.481 e. The summed E-state index contributed by atoms with van der Waals surface area (Å²) in [5.41, 5.74) is 0. The standard InChI is InChI=1S/C15H26O5/c1-3-4-5-6-7-8-9-13(15(18)19)10-14(17)20-12(2)11-16/h8-9,12-13,16H,3-7,10-11H2,1-2H3,(H,18,19)/b9-8+. The second-order valence-electron chi connectivity index (χ2n) is 4.91. The number of ether oxygens (including phenoxy) is 1. The first-order chi connectivity index (χ1) is 9.51. The van der Waals surface area contributed by atoms with E-state index < -0.39 is 24.0 Å². The van der Waals surface area contributed by atoms with Gasteiger partial charge in [-0.2, -0.15) is 0 Å². The number of hydrogen-bond acceptors (Lipinski definition) is 4. The molecule has 0 rings (SSSR count). The summed E-state index contributed by atoms with van der Waals surface area (Å²) in [5.74, 6) is -2.50. The van der Waals surface area contributed by atoms with Gasteiger partial charge in [-0.25, -0.2) is 0 Å². The fourth-order valence-electron chi connectivity index (χ4n) is 1.68. The molecule has 2 N–H and O–H groups in total. The van der Waals surface area contributed by atoms with Gasteiger partial charge < -0.3 is 14.9 Å². The van der Waals surface area contributed by atoms with Crippen LogP contribution in [0.3, 0.4) is 0 Å². The molecule has 0 aromatic heterocycles. The van der Waals surface area contributed by atoms with E-state index in [-0.39, 0.29) is 13.0 Å². The molecule has 0 spiro atoms. The SMILES string of the molecule is CCCCCC/C=C/C(CC(=O)OC(C)CO)C(=O)O. The zero-order valence-corrected chi connectivity index (χ0v) is 12.4. The fraction of sp³-hybridized carbons (Fsp3) is 0.733. The fourth-order valence-corrected chi connectivity index (χ4v) is 1.68. The molecule has 0 aromatic carbocycles. The minimum atomic E-state index is -1.04. The zero-order chi connectivity index (χ0) is 15.4. The molecule has 0 aliphatic carbocycles. The summed E-state index contributed by atoms with van der Waals surface area (Å²) < 4.78 is 4.85. The number of hydrogen-bond donors (Lipinski definition) is 2. The molecule has 2 atom stereocenters. The van der Waals surface area contributed by atoms with Crippen molar-refractivity contribution >= 4 is 11.9 Å². The average molecular weight is 286 g/mol. The number of carboxylic acid groups (broad SMARTS) is 1.